The highest BCUT2D eigenvalue weighted by atomic mass is 35.5. The van der Waals surface area contributed by atoms with Gasteiger partial charge in [-0.25, -0.2) is 13.4 Å². The standard InChI is InChI=1S/C11H11ClN2O2S2/c1-14(8-11-13-6-7-17-11)18(15,16)10-5-3-2-4-9(10)12/h2-7H,8H2,1H3. The van der Waals surface area contributed by atoms with E-state index in [1.165, 1.54) is 28.8 Å². The second kappa shape index (κ2) is 5.36. The lowest BCUT2D eigenvalue weighted by atomic mass is 10.4. The molecular weight excluding hydrogens is 292 g/mol. The van der Waals surface area contributed by atoms with E-state index in [0.717, 1.165) is 5.01 Å². The summed E-state index contributed by atoms with van der Waals surface area (Å²) in [5, 5.41) is 2.78. The Morgan fingerprint density at radius 3 is 2.72 bits per heavy atom. The van der Waals surface area contributed by atoms with Crippen molar-refractivity contribution in [1.29, 1.82) is 0 Å². The van der Waals surface area contributed by atoms with Gasteiger partial charge in [-0.3, -0.25) is 0 Å². The molecule has 0 saturated carbocycles. The van der Waals surface area contributed by atoms with Crippen LogP contribution in [-0.4, -0.2) is 24.8 Å². The summed E-state index contributed by atoms with van der Waals surface area (Å²) in [6.07, 6.45) is 1.65. The summed E-state index contributed by atoms with van der Waals surface area (Å²) in [5.74, 6) is 0. The summed E-state index contributed by atoms with van der Waals surface area (Å²) in [6, 6.07) is 6.40. The molecule has 0 unspecified atom stereocenters. The SMILES string of the molecule is CN(Cc1nccs1)S(=O)(=O)c1ccccc1Cl. The second-order valence-corrected chi connectivity index (χ2v) is 7.02. The Kier molecular flexibility index (Phi) is 4.01. The van der Waals surface area contributed by atoms with E-state index >= 15 is 0 Å². The van der Waals surface area contributed by atoms with Gasteiger partial charge in [-0.05, 0) is 12.1 Å². The molecule has 0 aliphatic carbocycles. The van der Waals surface area contributed by atoms with Gasteiger partial charge >= 0.3 is 0 Å². The highest BCUT2D eigenvalue weighted by Gasteiger charge is 2.23. The molecule has 0 radical (unpaired) electrons. The monoisotopic (exact) mass is 302 g/mol. The Labute approximate surface area is 115 Å². The molecule has 0 aliphatic heterocycles. The van der Waals surface area contributed by atoms with Crippen molar-refractivity contribution < 1.29 is 8.42 Å². The van der Waals surface area contributed by atoms with E-state index in [4.69, 9.17) is 11.6 Å². The molecule has 0 N–H and O–H groups in total. The maximum Gasteiger partial charge on any atom is 0.244 e. The van der Waals surface area contributed by atoms with Gasteiger partial charge in [0.15, 0.2) is 0 Å². The van der Waals surface area contributed by atoms with Crippen LogP contribution in [0.1, 0.15) is 5.01 Å². The summed E-state index contributed by atoms with van der Waals surface area (Å²) in [5.41, 5.74) is 0. The average molecular weight is 303 g/mol. The van der Waals surface area contributed by atoms with Crippen LogP contribution in [0.25, 0.3) is 0 Å². The van der Waals surface area contributed by atoms with Crippen molar-refractivity contribution in [2.45, 2.75) is 11.4 Å². The maximum atomic E-state index is 12.3. The van der Waals surface area contributed by atoms with Crippen LogP contribution in [0.2, 0.25) is 5.02 Å². The molecule has 1 aromatic heterocycles. The number of hydrogen-bond donors (Lipinski definition) is 0. The number of rotatable bonds is 4. The Balaban J connectivity index is 2.29. The number of aromatic nitrogens is 1. The van der Waals surface area contributed by atoms with Gasteiger partial charge in [-0.15, -0.1) is 11.3 Å². The lowest BCUT2D eigenvalue weighted by Gasteiger charge is -2.16. The average Bonchev–Trinajstić information content (AvgIpc) is 2.82. The summed E-state index contributed by atoms with van der Waals surface area (Å²) >= 11 is 7.33. The second-order valence-electron chi connectivity index (χ2n) is 3.62. The van der Waals surface area contributed by atoms with Crippen LogP contribution in [0.15, 0.2) is 40.7 Å². The van der Waals surface area contributed by atoms with E-state index in [1.807, 2.05) is 5.38 Å². The highest BCUT2D eigenvalue weighted by Crippen LogP contribution is 2.24. The summed E-state index contributed by atoms with van der Waals surface area (Å²) in [4.78, 5) is 4.18. The molecule has 2 aromatic rings. The third-order valence-electron chi connectivity index (χ3n) is 2.37. The number of halogens is 1. The fourth-order valence-corrected chi connectivity index (χ4v) is 3.80. The molecule has 0 saturated heterocycles. The molecular formula is C11H11ClN2O2S2. The van der Waals surface area contributed by atoms with Gasteiger partial charge in [0.25, 0.3) is 0 Å². The Hall–Kier alpha value is -0.950. The van der Waals surface area contributed by atoms with Crippen molar-refractivity contribution in [3.8, 4) is 0 Å². The molecule has 0 aliphatic rings. The Bertz CT molecular complexity index is 626. The predicted molar refractivity (Wildman–Crippen MR) is 72.2 cm³/mol. The van der Waals surface area contributed by atoms with Crippen molar-refractivity contribution in [1.82, 2.24) is 9.29 Å². The molecule has 2 rings (SSSR count). The molecule has 7 heteroatoms. The van der Waals surface area contributed by atoms with Crippen LogP contribution in [0.4, 0.5) is 0 Å². The van der Waals surface area contributed by atoms with Gasteiger partial charge in [-0.2, -0.15) is 4.31 Å². The first-order valence-electron chi connectivity index (χ1n) is 5.11. The zero-order valence-electron chi connectivity index (χ0n) is 9.58. The lowest BCUT2D eigenvalue weighted by Crippen LogP contribution is -2.26. The van der Waals surface area contributed by atoms with Crippen molar-refractivity contribution >= 4 is 33.0 Å². The van der Waals surface area contributed by atoms with E-state index < -0.39 is 10.0 Å². The first-order chi connectivity index (χ1) is 8.51. The third kappa shape index (κ3) is 2.72. The zero-order chi connectivity index (χ0) is 13.2. The first-order valence-corrected chi connectivity index (χ1v) is 7.81. The molecule has 1 aromatic carbocycles. The summed E-state index contributed by atoms with van der Waals surface area (Å²) in [7, 11) is -2.06. The van der Waals surface area contributed by atoms with E-state index in [-0.39, 0.29) is 16.5 Å². The minimum absolute atomic E-state index is 0.116. The maximum absolute atomic E-state index is 12.3. The Morgan fingerprint density at radius 1 is 1.39 bits per heavy atom. The van der Waals surface area contributed by atoms with Gasteiger partial charge in [-0.1, -0.05) is 23.7 Å². The van der Waals surface area contributed by atoms with E-state index in [2.05, 4.69) is 4.98 Å². The third-order valence-corrected chi connectivity index (χ3v) is 5.43. The molecule has 0 atom stereocenters. The molecule has 0 bridgehead atoms. The number of benzene rings is 1. The minimum Gasteiger partial charge on any atom is -0.248 e. The van der Waals surface area contributed by atoms with Gasteiger partial charge in [0.1, 0.15) is 9.90 Å². The van der Waals surface area contributed by atoms with Gasteiger partial charge in [0, 0.05) is 18.6 Å². The first kappa shape index (κ1) is 13.5. The van der Waals surface area contributed by atoms with Crippen molar-refractivity contribution in [3.63, 3.8) is 0 Å². The van der Waals surface area contributed by atoms with E-state index in [1.54, 1.807) is 24.4 Å². The fourth-order valence-electron chi connectivity index (χ4n) is 1.43. The smallest absolute Gasteiger partial charge is 0.244 e. The van der Waals surface area contributed by atoms with Crippen LogP contribution in [0.5, 0.6) is 0 Å². The normalized spacial score (nSPS) is 11.9. The number of hydrogen-bond acceptors (Lipinski definition) is 4. The number of sulfonamides is 1. The quantitative estimate of drug-likeness (QED) is 0.872. The molecule has 1 heterocycles. The fraction of sp³-hybridized carbons (Fsp3) is 0.182. The van der Waals surface area contributed by atoms with Crippen LogP contribution in [-0.2, 0) is 16.6 Å². The predicted octanol–water partition coefficient (Wildman–Crippen LogP) is 2.62. The van der Waals surface area contributed by atoms with Crippen molar-refractivity contribution in [2.24, 2.45) is 0 Å². The van der Waals surface area contributed by atoms with Gasteiger partial charge in [0.05, 0.1) is 11.6 Å². The van der Waals surface area contributed by atoms with Crippen molar-refractivity contribution in [2.75, 3.05) is 7.05 Å². The van der Waals surface area contributed by atoms with Crippen LogP contribution in [0.3, 0.4) is 0 Å². The van der Waals surface area contributed by atoms with E-state index in [0.29, 0.717) is 0 Å². The molecule has 4 nitrogen and oxygen atoms in total. The molecule has 18 heavy (non-hydrogen) atoms. The molecule has 0 fully saturated rings. The Morgan fingerprint density at radius 2 is 2.11 bits per heavy atom. The van der Waals surface area contributed by atoms with Crippen LogP contribution in [0, 0.1) is 0 Å². The topological polar surface area (TPSA) is 50.3 Å². The zero-order valence-corrected chi connectivity index (χ0v) is 12.0. The number of thiazole rings is 1. The van der Waals surface area contributed by atoms with E-state index in [9.17, 15) is 8.42 Å². The van der Waals surface area contributed by atoms with Gasteiger partial charge in [0.2, 0.25) is 10.0 Å². The highest BCUT2D eigenvalue weighted by molar-refractivity contribution is 7.89. The van der Waals surface area contributed by atoms with Crippen LogP contribution >= 0.6 is 22.9 Å². The summed E-state index contributed by atoms with van der Waals surface area (Å²) < 4.78 is 25.8. The lowest BCUT2D eigenvalue weighted by molar-refractivity contribution is 0.466. The number of nitrogens with zero attached hydrogens (tertiary/aromatic N) is 2. The minimum atomic E-state index is -3.58. The summed E-state index contributed by atoms with van der Waals surface area (Å²) in [6.45, 7) is 0.241. The van der Waals surface area contributed by atoms with Gasteiger partial charge < -0.3 is 0 Å². The molecule has 0 spiro atoms. The molecule has 96 valence electrons. The largest absolute Gasteiger partial charge is 0.248 e. The van der Waals surface area contributed by atoms with Crippen LogP contribution < -0.4 is 0 Å². The van der Waals surface area contributed by atoms with Crippen molar-refractivity contribution in [3.05, 3.63) is 45.9 Å². The molecule has 0 amide bonds.